The van der Waals surface area contributed by atoms with Gasteiger partial charge in [0, 0.05) is 18.7 Å². The Morgan fingerprint density at radius 1 is 1.12 bits per heavy atom. The van der Waals surface area contributed by atoms with Crippen LogP contribution in [0.3, 0.4) is 0 Å². The highest BCUT2D eigenvalue weighted by atomic mass is 16.4. The van der Waals surface area contributed by atoms with Crippen LogP contribution in [-0.2, 0) is 6.54 Å². The summed E-state index contributed by atoms with van der Waals surface area (Å²) in [7, 11) is 0. The van der Waals surface area contributed by atoms with E-state index in [4.69, 9.17) is 5.11 Å². The number of amides is 2. The fourth-order valence-electron chi connectivity index (χ4n) is 3.19. The summed E-state index contributed by atoms with van der Waals surface area (Å²) in [5.41, 5.74) is 2.66. The summed E-state index contributed by atoms with van der Waals surface area (Å²) in [4.78, 5) is 25.3. The molecule has 2 amide bonds. The van der Waals surface area contributed by atoms with Crippen molar-refractivity contribution < 1.29 is 14.7 Å². The third-order valence-corrected chi connectivity index (χ3v) is 4.31. The molecule has 1 aliphatic heterocycles. The molecule has 0 spiro atoms. The monoisotopic (exact) mass is 324 g/mol. The zero-order valence-corrected chi connectivity index (χ0v) is 13.3. The number of carbonyl (C=O) groups excluding carboxylic acids is 1. The van der Waals surface area contributed by atoms with E-state index in [1.807, 2.05) is 59.5 Å². The van der Waals surface area contributed by atoms with Crippen LogP contribution < -0.4 is 5.32 Å². The van der Waals surface area contributed by atoms with Gasteiger partial charge in [0.1, 0.15) is 0 Å². The van der Waals surface area contributed by atoms with Crippen LogP contribution in [0.5, 0.6) is 0 Å². The third kappa shape index (κ3) is 3.56. The first kappa shape index (κ1) is 16.1. The van der Waals surface area contributed by atoms with Crippen molar-refractivity contribution in [2.45, 2.75) is 25.4 Å². The van der Waals surface area contributed by atoms with E-state index in [1.54, 1.807) is 0 Å². The Balaban J connectivity index is 1.79. The molecule has 1 aliphatic rings. The van der Waals surface area contributed by atoms with Gasteiger partial charge >= 0.3 is 6.09 Å². The molecule has 0 bridgehead atoms. The summed E-state index contributed by atoms with van der Waals surface area (Å²) >= 11 is 0. The van der Waals surface area contributed by atoms with Crippen LogP contribution in [-0.4, -0.2) is 28.6 Å². The fourth-order valence-corrected chi connectivity index (χ4v) is 3.19. The van der Waals surface area contributed by atoms with Crippen molar-refractivity contribution in [2.24, 2.45) is 0 Å². The zero-order chi connectivity index (χ0) is 16.9. The van der Waals surface area contributed by atoms with Crippen LogP contribution in [0.1, 0.15) is 40.4 Å². The van der Waals surface area contributed by atoms with Crippen molar-refractivity contribution in [3.05, 3.63) is 71.3 Å². The molecular weight excluding hydrogens is 304 g/mol. The molecular formula is C19H20N2O3. The predicted molar refractivity (Wildman–Crippen MR) is 90.8 cm³/mol. The van der Waals surface area contributed by atoms with Crippen LogP contribution in [0.4, 0.5) is 4.79 Å². The number of nitrogens with zero attached hydrogens (tertiary/aromatic N) is 1. The summed E-state index contributed by atoms with van der Waals surface area (Å²) in [6.07, 6.45) is 0.858. The highest BCUT2D eigenvalue weighted by Gasteiger charge is 2.30. The van der Waals surface area contributed by atoms with E-state index in [0.717, 1.165) is 30.5 Å². The van der Waals surface area contributed by atoms with Gasteiger partial charge in [-0.3, -0.25) is 4.79 Å². The molecule has 1 unspecified atom stereocenters. The average molecular weight is 324 g/mol. The first-order valence-electron chi connectivity index (χ1n) is 8.07. The lowest BCUT2D eigenvalue weighted by molar-refractivity contribution is 0.0735. The predicted octanol–water partition coefficient (Wildman–Crippen LogP) is 3.43. The first-order chi connectivity index (χ1) is 11.6. The Labute approximate surface area is 140 Å². The van der Waals surface area contributed by atoms with Crippen molar-refractivity contribution in [1.82, 2.24) is 10.2 Å². The van der Waals surface area contributed by atoms with E-state index >= 15 is 0 Å². The second-order valence-corrected chi connectivity index (χ2v) is 5.93. The molecule has 0 aromatic heterocycles. The van der Waals surface area contributed by atoms with Gasteiger partial charge in [-0.1, -0.05) is 42.5 Å². The van der Waals surface area contributed by atoms with E-state index in [9.17, 15) is 9.59 Å². The van der Waals surface area contributed by atoms with Crippen LogP contribution in [0.2, 0.25) is 0 Å². The quantitative estimate of drug-likeness (QED) is 0.905. The maximum absolute atomic E-state index is 12.8. The van der Waals surface area contributed by atoms with E-state index in [2.05, 4.69) is 5.32 Å². The number of hydrogen-bond donors (Lipinski definition) is 2. The lowest BCUT2D eigenvalue weighted by Gasteiger charge is -2.25. The lowest BCUT2D eigenvalue weighted by atomic mass is 10.0. The van der Waals surface area contributed by atoms with Crippen LogP contribution >= 0.6 is 0 Å². The highest BCUT2D eigenvalue weighted by Crippen LogP contribution is 2.33. The van der Waals surface area contributed by atoms with E-state index in [-0.39, 0.29) is 18.5 Å². The minimum Gasteiger partial charge on any atom is -0.465 e. The average Bonchev–Trinajstić information content (AvgIpc) is 3.10. The molecule has 5 heteroatoms. The van der Waals surface area contributed by atoms with E-state index < -0.39 is 6.09 Å². The van der Waals surface area contributed by atoms with Gasteiger partial charge in [-0.15, -0.1) is 0 Å². The number of benzene rings is 2. The maximum atomic E-state index is 12.8. The highest BCUT2D eigenvalue weighted by molar-refractivity contribution is 5.94. The van der Waals surface area contributed by atoms with Crippen LogP contribution in [0.25, 0.3) is 0 Å². The standard InChI is InChI=1S/C19H20N2O3/c22-18(15-7-2-1-3-8-15)21-11-5-10-17(21)16-9-4-6-14(12-16)13-20-19(23)24/h1-4,6-9,12,17,20H,5,10-11,13H2,(H,23,24). The number of carbonyl (C=O) groups is 2. The van der Waals surface area contributed by atoms with Crippen molar-refractivity contribution in [3.63, 3.8) is 0 Å². The van der Waals surface area contributed by atoms with Gasteiger partial charge in [-0.05, 0) is 36.1 Å². The Hall–Kier alpha value is -2.82. The fraction of sp³-hybridized carbons (Fsp3) is 0.263. The molecule has 1 heterocycles. The van der Waals surface area contributed by atoms with Crippen LogP contribution in [0.15, 0.2) is 54.6 Å². The molecule has 0 radical (unpaired) electrons. The zero-order valence-electron chi connectivity index (χ0n) is 13.3. The Bertz CT molecular complexity index is 730. The molecule has 2 aromatic rings. The smallest absolute Gasteiger partial charge is 0.404 e. The minimum atomic E-state index is -1.04. The summed E-state index contributed by atoms with van der Waals surface area (Å²) in [5, 5.41) is 11.1. The SMILES string of the molecule is O=C(O)NCc1cccc(C2CCCN2C(=O)c2ccccc2)c1. The van der Waals surface area contributed by atoms with Crippen molar-refractivity contribution in [1.29, 1.82) is 0 Å². The minimum absolute atomic E-state index is 0.0440. The summed E-state index contributed by atoms with van der Waals surface area (Å²) in [6.45, 7) is 1.01. The Morgan fingerprint density at radius 3 is 2.67 bits per heavy atom. The topological polar surface area (TPSA) is 69.6 Å². The van der Waals surface area contributed by atoms with Crippen molar-refractivity contribution in [2.75, 3.05) is 6.54 Å². The van der Waals surface area contributed by atoms with Gasteiger partial charge in [-0.2, -0.15) is 0 Å². The third-order valence-electron chi connectivity index (χ3n) is 4.31. The van der Waals surface area contributed by atoms with Gasteiger partial charge in [0.25, 0.3) is 5.91 Å². The van der Waals surface area contributed by atoms with E-state index in [0.29, 0.717) is 5.56 Å². The van der Waals surface area contributed by atoms with Crippen LogP contribution in [0, 0.1) is 0 Å². The number of hydrogen-bond acceptors (Lipinski definition) is 2. The van der Waals surface area contributed by atoms with Gasteiger partial charge in [-0.25, -0.2) is 4.79 Å². The molecule has 5 nitrogen and oxygen atoms in total. The van der Waals surface area contributed by atoms with Gasteiger partial charge in [0.15, 0.2) is 0 Å². The van der Waals surface area contributed by atoms with Crippen molar-refractivity contribution in [3.8, 4) is 0 Å². The van der Waals surface area contributed by atoms with Gasteiger partial charge in [0.05, 0.1) is 6.04 Å². The van der Waals surface area contributed by atoms with Gasteiger partial charge < -0.3 is 15.3 Å². The van der Waals surface area contributed by atoms with Crippen molar-refractivity contribution >= 4 is 12.0 Å². The second-order valence-electron chi connectivity index (χ2n) is 5.93. The molecule has 24 heavy (non-hydrogen) atoms. The molecule has 2 aromatic carbocycles. The molecule has 3 rings (SSSR count). The van der Waals surface area contributed by atoms with E-state index in [1.165, 1.54) is 0 Å². The number of carboxylic acid groups (broad SMARTS) is 1. The molecule has 124 valence electrons. The lowest BCUT2D eigenvalue weighted by Crippen LogP contribution is -2.30. The number of nitrogens with one attached hydrogen (secondary N) is 1. The maximum Gasteiger partial charge on any atom is 0.404 e. The van der Waals surface area contributed by atoms with Gasteiger partial charge in [0.2, 0.25) is 0 Å². The molecule has 1 atom stereocenters. The molecule has 2 N–H and O–H groups in total. The molecule has 1 saturated heterocycles. The Kier molecular flexibility index (Phi) is 4.79. The number of rotatable bonds is 4. The molecule has 1 fully saturated rings. The largest absolute Gasteiger partial charge is 0.465 e. The molecule has 0 saturated carbocycles. The molecule has 0 aliphatic carbocycles. The summed E-state index contributed by atoms with van der Waals surface area (Å²) in [5.74, 6) is 0.0483. The Morgan fingerprint density at radius 2 is 1.92 bits per heavy atom. The summed E-state index contributed by atoms with van der Waals surface area (Å²) < 4.78 is 0. The summed E-state index contributed by atoms with van der Waals surface area (Å²) in [6, 6.07) is 17.2. The first-order valence-corrected chi connectivity index (χ1v) is 8.07. The second kappa shape index (κ2) is 7.17. The number of likely N-dealkylation sites (tertiary alicyclic amines) is 1. The normalized spacial score (nSPS) is 16.8.